The van der Waals surface area contributed by atoms with E-state index in [2.05, 4.69) is 10.3 Å². The van der Waals surface area contributed by atoms with E-state index in [1.54, 1.807) is 27.8 Å². The van der Waals surface area contributed by atoms with Crippen LogP contribution >= 0.6 is 21.6 Å². The fourth-order valence-corrected chi connectivity index (χ4v) is 2.79. The fourth-order valence-electron chi connectivity index (χ4n) is 0.918. The highest BCUT2D eigenvalue weighted by atomic mass is 33.1. The second-order valence-corrected chi connectivity index (χ2v) is 5.21. The Kier molecular flexibility index (Phi) is 6.27. The molecular weight excluding hydrogens is 231 g/mol. The topological polar surface area (TPSA) is 42.0 Å². The van der Waals surface area contributed by atoms with Crippen molar-refractivity contribution >= 4 is 27.5 Å². The molecule has 5 heteroatoms. The van der Waals surface area contributed by atoms with Gasteiger partial charge < -0.3 is 5.32 Å². The first-order chi connectivity index (χ1) is 7.33. The summed E-state index contributed by atoms with van der Waals surface area (Å²) >= 11 is 0. The lowest BCUT2D eigenvalue weighted by molar-refractivity contribution is -0.120. The van der Waals surface area contributed by atoms with E-state index in [4.69, 9.17) is 0 Å². The summed E-state index contributed by atoms with van der Waals surface area (Å²) in [5.74, 6) is 0.930. The van der Waals surface area contributed by atoms with Crippen LogP contribution in [0.5, 0.6) is 0 Å². The molecule has 0 spiro atoms. The molecule has 1 aromatic rings. The maximum absolute atomic E-state index is 11.1. The first kappa shape index (κ1) is 12.4. The number of rotatable bonds is 6. The SMILES string of the molecule is [13CH3][13CH2][15NH]C(=O)CCSSc1ccccn1. The van der Waals surface area contributed by atoms with E-state index >= 15 is 0 Å². The zero-order valence-electron chi connectivity index (χ0n) is 8.60. The Bertz CT molecular complexity index is 293. The van der Waals surface area contributed by atoms with Crippen LogP contribution in [0.2, 0.25) is 0 Å². The van der Waals surface area contributed by atoms with Gasteiger partial charge in [0.05, 0.1) is 0 Å². The van der Waals surface area contributed by atoms with Crippen molar-refractivity contribution in [1.82, 2.24) is 10.3 Å². The van der Waals surface area contributed by atoms with Crippen LogP contribution < -0.4 is 5.32 Å². The molecule has 3 nitrogen and oxygen atoms in total. The van der Waals surface area contributed by atoms with Crippen LogP contribution in [0.4, 0.5) is 0 Å². The average molecular weight is 245 g/mol. The normalized spacial score (nSPS) is 9.93. The molecule has 1 heterocycles. The summed E-state index contributed by atoms with van der Waals surface area (Å²) in [6.45, 7) is 2.63. The van der Waals surface area contributed by atoms with Crippen LogP contribution in [0, 0.1) is 0 Å². The molecule has 0 aromatic carbocycles. The Morgan fingerprint density at radius 1 is 1.53 bits per heavy atom. The van der Waals surface area contributed by atoms with Crippen LogP contribution in [0.25, 0.3) is 0 Å². The summed E-state index contributed by atoms with van der Waals surface area (Å²) in [6.07, 6.45) is 2.34. The standard InChI is InChI=1S/C10H14N2OS2/c1-2-11-9(13)6-8-14-15-10-5-3-4-7-12-10/h3-5,7H,2,6,8H2,1H3,(H,11,13)/i1+1,2+1,11+1. The van der Waals surface area contributed by atoms with Gasteiger partial charge in [0.2, 0.25) is 5.91 Å². The van der Waals surface area contributed by atoms with Gasteiger partial charge in [0, 0.05) is 24.9 Å². The van der Waals surface area contributed by atoms with Gasteiger partial charge in [0.25, 0.3) is 0 Å². The van der Waals surface area contributed by atoms with Crippen LogP contribution in [-0.4, -0.2) is 23.2 Å². The number of nitrogens with one attached hydrogen (secondary N) is 1. The Balaban J connectivity index is 2.10. The third-order valence-electron chi connectivity index (χ3n) is 1.57. The highest BCUT2D eigenvalue weighted by molar-refractivity contribution is 8.76. The molecule has 1 N–H and O–H groups in total. The molecule has 0 bridgehead atoms. The lowest BCUT2D eigenvalue weighted by Crippen LogP contribution is -2.22. The van der Waals surface area contributed by atoms with Gasteiger partial charge in [-0.1, -0.05) is 16.9 Å². The smallest absolute Gasteiger partial charge is 0.220 e. The van der Waals surface area contributed by atoms with Crippen molar-refractivity contribution in [3.63, 3.8) is 0 Å². The molecule has 1 aromatic heterocycles. The molecule has 0 unspecified atom stereocenters. The van der Waals surface area contributed by atoms with Crippen molar-refractivity contribution < 1.29 is 4.79 Å². The van der Waals surface area contributed by atoms with Gasteiger partial charge >= 0.3 is 0 Å². The molecular formula is C10H14N2OS2. The second kappa shape index (κ2) is 7.59. The Hall–Kier alpha value is -0.680. The average Bonchev–Trinajstić information content (AvgIpc) is 2.26. The Labute approximate surface area is 97.8 Å². The van der Waals surface area contributed by atoms with Crippen LogP contribution in [0.15, 0.2) is 29.4 Å². The number of carbonyl (C=O) groups excluding carboxylic acids is 1. The van der Waals surface area contributed by atoms with Gasteiger partial charge in [0.1, 0.15) is 5.03 Å². The zero-order valence-corrected chi connectivity index (χ0v) is 10.2. The van der Waals surface area contributed by atoms with Crippen LogP contribution in [-0.2, 0) is 4.79 Å². The Morgan fingerprint density at radius 2 is 2.40 bits per heavy atom. The van der Waals surface area contributed by atoms with E-state index in [-0.39, 0.29) is 5.91 Å². The molecule has 1 amide bonds. The van der Waals surface area contributed by atoms with Crippen molar-refractivity contribution in [1.29, 1.82) is 0 Å². The zero-order chi connectivity index (χ0) is 10.9. The molecule has 0 saturated carbocycles. The molecule has 0 aliphatic rings. The predicted molar refractivity (Wildman–Crippen MR) is 65.9 cm³/mol. The minimum atomic E-state index is 0.117. The molecule has 15 heavy (non-hydrogen) atoms. The quantitative estimate of drug-likeness (QED) is 0.361. The van der Waals surface area contributed by atoms with Gasteiger partial charge in [-0.2, -0.15) is 0 Å². The first-order valence-electron chi connectivity index (χ1n) is 4.80. The lowest BCUT2D eigenvalue weighted by Gasteiger charge is -2.01. The lowest BCUT2D eigenvalue weighted by atomic mass is 10.5. The van der Waals surface area contributed by atoms with Gasteiger partial charge in [-0.15, -0.1) is 0 Å². The first-order valence-corrected chi connectivity index (χ1v) is 7.12. The number of hydrogen-bond donors (Lipinski definition) is 1. The maximum Gasteiger partial charge on any atom is 0.220 e. The minimum absolute atomic E-state index is 0.117. The van der Waals surface area contributed by atoms with Crippen molar-refractivity contribution in [3.8, 4) is 0 Å². The highest BCUT2D eigenvalue weighted by Gasteiger charge is 2.00. The van der Waals surface area contributed by atoms with Crippen molar-refractivity contribution in [2.75, 3.05) is 12.3 Å². The summed E-state index contributed by atoms with van der Waals surface area (Å²) in [5, 5.41) is 3.75. The fraction of sp³-hybridized carbons (Fsp3) is 0.400. The summed E-state index contributed by atoms with van der Waals surface area (Å²) in [5.41, 5.74) is 0. The summed E-state index contributed by atoms with van der Waals surface area (Å²) < 4.78 is 0. The van der Waals surface area contributed by atoms with Gasteiger partial charge in [-0.05, 0) is 29.9 Å². The number of carbonyl (C=O) groups is 1. The number of hydrogen-bond acceptors (Lipinski definition) is 4. The van der Waals surface area contributed by atoms with Crippen LogP contribution in [0.3, 0.4) is 0 Å². The molecule has 0 aliphatic heterocycles. The van der Waals surface area contributed by atoms with Gasteiger partial charge in [-0.3, -0.25) is 4.79 Å². The molecule has 82 valence electrons. The summed E-state index contributed by atoms with van der Waals surface area (Å²) in [4.78, 5) is 15.3. The molecule has 0 fully saturated rings. The van der Waals surface area contributed by atoms with Crippen molar-refractivity contribution in [3.05, 3.63) is 24.4 Å². The number of amides is 1. The highest BCUT2D eigenvalue weighted by Crippen LogP contribution is 2.29. The van der Waals surface area contributed by atoms with Gasteiger partial charge in [0.15, 0.2) is 0 Å². The monoisotopic (exact) mass is 245 g/mol. The van der Waals surface area contributed by atoms with E-state index in [9.17, 15) is 4.79 Å². The minimum Gasteiger partial charge on any atom is -0.356 e. The summed E-state index contributed by atoms with van der Waals surface area (Å²) in [7, 11) is 3.26. The van der Waals surface area contributed by atoms with E-state index in [0.29, 0.717) is 13.0 Å². The second-order valence-electron chi connectivity index (χ2n) is 2.78. The molecule has 0 saturated heterocycles. The van der Waals surface area contributed by atoms with E-state index < -0.39 is 0 Å². The van der Waals surface area contributed by atoms with E-state index in [0.717, 1.165) is 10.8 Å². The number of nitrogens with zero attached hydrogens (tertiary/aromatic N) is 1. The predicted octanol–water partition coefficient (Wildman–Crippen LogP) is 2.35. The van der Waals surface area contributed by atoms with E-state index in [1.165, 1.54) is 0 Å². The third-order valence-corrected chi connectivity index (χ3v) is 3.84. The number of pyridine rings is 1. The molecule has 0 atom stereocenters. The summed E-state index contributed by atoms with van der Waals surface area (Å²) in [6, 6.07) is 5.81. The number of aromatic nitrogens is 1. The molecule has 1 rings (SSSR count). The maximum atomic E-state index is 11.1. The van der Waals surface area contributed by atoms with Crippen molar-refractivity contribution in [2.24, 2.45) is 0 Å². The third kappa shape index (κ3) is 5.69. The van der Waals surface area contributed by atoms with Gasteiger partial charge in [-0.25, -0.2) is 4.98 Å². The largest absolute Gasteiger partial charge is 0.356 e. The Morgan fingerprint density at radius 3 is 3.07 bits per heavy atom. The van der Waals surface area contributed by atoms with Crippen molar-refractivity contribution in [2.45, 2.75) is 18.4 Å². The molecule has 0 radical (unpaired) electrons. The van der Waals surface area contributed by atoms with Crippen LogP contribution in [0.1, 0.15) is 13.3 Å². The van der Waals surface area contributed by atoms with E-state index in [1.807, 2.05) is 25.1 Å². The molecule has 0 aliphatic carbocycles.